The molecule has 4 N–H and O–H groups in total. The third-order valence-electron chi connectivity index (χ3n) is 3.42. The van der Waals surface area contributed by atoms with Crippen LogP contribution in [0.5, 0.6) is 5.75 Å². The van der Waals surface area contributed by atoms with Crippen molar-refractivity contribution in [2.24, 2.45) is 11.7 Å². The van der Waals surface area contributed by atoms with Gasteiger partial charge in [-0.05, 0) is 31.5 Å². The molecule has 6 nitrogen and oxygen atoms in total. The molecule has 0 radical (unpaired) electrons. The number of nitrogens with one attached hydrogen (secondary N) is 2. The minimum absolute atomic E-state index is 0. The Morgan fingerprint density at radius 3 is 2.82 bits per heavy atom. The number of anilines is 1. The number of carbonyl (C=O) groups is 2. The Labute approximate surface area is 136 Å². The van der Waals surface area contributed by atoms with Gasteiger partial charge < -0.3 is 21.1 Å². The molecule has 0 bridgehead atoms. The number of hydrogen-bond acceptors (Lipinski definition) is 4. The van der Waals surface area contributed by atoms with Crippen molar-refractivity contribution in [3.8, 4) is 5.75 Å². The fourth-order valence-corrected chi connectivity index (χ4v) is 2.27. The number of carbonyl (C=O) groups excluding carboxylic acids is 2. The van der Waals surface area contributed by atoms with Gasteiger partial charge in [-0.2, -0.15) is 0 Å². The highest BCUT2D eigenvalue weighted by Gasteiger charge is 2.21. The number of nitrogens with two attached hydrogens (primary N) is 1. The molecule has 2 amide bonds. The van der Waals surface area contributed by atoms with Crippen molar-refractivity contribution in [1.29, 1.82) is 0 Å². The van der Waals surface area contributed by atoms with E-state index in [1.165, 1.54) is 0 Å². The molecule has 0 aliphatic carbocycles. The van der Waals surface area contributed by atoms with Crippen LogP contribution in [0.2, 0.25) is 0 Å². The molecule has 1 atom stereocenters. The lowest BCUT2D eigenvalue weighted by Gasteiger charge is -2.22. The van der Waals surface area contributed by atoms with Crippen LogP contribution in [0, 0.1) is 5.92 Å². The number of piperidine rings is 1. The van der Waals surface area contributed by atoms with Crippen molar-refractivity contribution < 1.29 is 14.3 Å². The second-order valence-electron chi connectivity index (χ2n) is 5.09. The lowest BCUT2D eigenvalue weighted by Crippen LogP contribution is -2.37. The van der Waals surface area contributed by atoms with Gasteiger partial charge in [0.25, 0.3) is 0 Å². The van der Waals surface area contributed by atoms with Gasteiger partial charge in [-0.1, -0.05) is 12.1 Å². The lowest BCUT2D eigenvalue weighted by molar-refractivity contribution is -0.120. The molecule has 122 valence electrons. The highest BCUT2D eigenvalue weighted by atomic mass is 35.5. The van der Waals surface area contributed by atoms with E-state index in [4.69, 9.17) is 10.5 Å². The SMILES string of the molecule is Cl.NC(=O)CCOc1ccccc1NC(=O)[C@@H]1CCCNC1. The first-order valence-electron chi connectivity index (χ1n) is 7.18. The summed E-state index contributed by atoms with van der Waals surface area (Å²) in [4.78, 5) is 22.9. The van der Waals surface area contributed by atoms with Crippen molar-refractivity contribution in [3.63, 3.8) is 0 Å². The molecule has 1 aromatic rings. The molecule has 22 heavy (non-hydrogen) atoms. The van der Waals surface area contributed by atoms with Crippen molar-refractivity contribution in [2.75, 3.05) is 25.0 Å². The fourth-order valence-electron chi connectivity index (χ4n) is 2.27. The number of primary amides is 1. The molecule has 0 saturated carbocycles. The molecular formula is C15H22ClN3O3. The summed E-state index contributed by atoms with van der Waals surface area (Å²) >= 11 is 0. The van der Waals surface area contributed by atoms with Crippen molar-refractivity contribution in [3.05, 3.63) is 24.3 Å². The van der Waals surface area contributed by atoms with Gasteiger partial charge in [0, 0.05) is 6.54 Å². The first kappa shape index (κ1) is 18.3. The van der Waals surface area contributed by atoms with Crippen LogP contribution in [0.3, 0.4) is 0 Å². The van der Waals surface area contributed by atoms with E-state index in [0.717, 1.165) is 19.4 Å². The molecule has 1 fully saturated rings. The first-order chi connectivity index (χ1) is 10.2. The normalized spacial score (nSPS) is 17.2. The molecule has 1 saturated heterocycles. The molecule has 2 rings (SSSR count). The van der Waals surface area contributed by atoms with Crippen molar-refractivity contribution >= 4 is 29.9 Å². The number of benzene rings is 1. The summed E-state index contributed by atoms with van der Waals surface area (Å²) in [5, 5.41) is 6.12. The summed E-state index contributed by atoms with van der Waals surface area (Å²) in [6.45, 7) is 1.88. The number of para-hydroxylation sites is 2. The summed E-state index contributed by atoms with van der Waals surface area (Å²) in [6, 6.07) is 7.19. The maximum absolute atomic E-state index is 12.2. The van der Waals surface area contributed by atoms with E-state index < -0.39 is 5.91 Å². The Kier molecular flexibility index (Phi) is 7.70. The van der Waals surface area contributed by atoms with Crippen LogP contribution in [0.1, 0.15) is 19.3 Å². The predicted molar refractivity (Wildman–Crippen MR) is 87.2 cm³/mol. The molecule has 1 aliphatic heterocycles. The Morgan fingerprint density at radius 1 is 1.36 bits per heavy atom. The van der Waals surface area contributed by atoms with Crippen LogP contribution in [0.25, 0.3) is 0 Å². The standard InChI is InChI=1S/C15H21N3O3.ClH/c16-14(19)7-9-21-13-6-2-1-5-12(13)18-15(20)11-4-3-8-17-10-11;/h1-2,5-6,11,17H,3-4,7-10H2,(H2,16,19)(H,18,20);1H/t11-;/m1./s1. The number of ether oxygens (including phenoxy) is 1. The Balaban J connectivity index is 0.00000242. The molecule has 1 heterocycles. The van der Waals surface area contributed by atoms with E-state index in [-0.39, 0.29) is 37.3 Å². The van der Waals surface area contributed by atoms with Crippen LogP contribution in [-0.4, -0.2) is 31.5 Å². The average molecular weight is 328 g/mol. The van der Waals surface area contributed by atoms with Gasteiger partial charge in [-0.15, -0.1) is 12.4 Å². The van der Waals surface area contributed by atoms with Gasteiger partial charge in [0.15, 0.2) is 0 Å². The maximum atomic E-state index is 12.2. The van der Waals surface area contributed by atoms with E-state index in [1.807, 2.05) is 12.1 Å². The van der Waals surface area contributed by atoms with E-state index >= 15 is 0 Å². The Bertz CT molecular complexity index is 505. The van der Waals surface area contributed by atoms with E-state index in [2.05, 4.69) is 10.6 Å². The van der Waals surface area contributed by atoms with Crippen molar-refractivity contribution in [2.45, 2.75) is 19.3 Å². The quantitative estimate of drug-likeness (QED) is 0.734. The smallest absolute Gasteiger partial charge is 0.228 e. The Hall–Kier alpha value is -1.79. The van der Waals surface area contributed by atoms with Gasteiger partial charge in [0.2, 0.25) is 11.8 Å². The summed E-state index contributed by atoms with van der Waals surface area (Å²) in [5.41, 5.74) is 5.70. The fraction of sp³-hybridized carbons (Fsp3) is 0.467. The largest absolute Gasteiger partial charge is 0.491 e. The zero-order chi connectivity index (χ0) is 15.1. The summed E-state index contributed by atoms with van der Waals surface area (Å²) in [5.74, 6) is 0.117. The average Bonchev–Trinajstić information content (AvgIpc) is 2.49. The molecular weight excluding hydrogens is 306 g/mol. The van der Waals surface area contributed by atoms with Gasteiger partial charge >= 0.3 is 0 Å². The predicted octanol–water partition coefficient (Wildman–Crippen LogP) is 1.30. The second kappa shape index (κ2) is 9.27. The van der Waals surface area contributed by atoms with Crippen LogP contribution in [-0.2, 0) is 9.59 Å². The second-order valence-corrected chi connectivity index (χ2v) is 5.09. The molecule has 1 aromatic carbocycles. The topological polar surface area (TPSA) is 93.5 Å². The Morgan fingerprint density at radius 2 is 2.14 bits per heavy atom. The van der Waals surface area contributed by atoms with Gasteiger partial charge in [-0.25, -0.2) is 0 Å². The number of hydrogen-bond donors (Lipinski definition) is 3. The number of rotatable bonds is 6. The van der Waals surface area contributed by atoms with Crippen LogP contribution in [0.4, 0.5) is 5.69 Å². The molecule has 0 aromatic heterocycles. The van der Waals surface area contributed by atoms with E-state index in [0.29, 0.717) is 18.0 Å². The molecule has 0 unspecified atom stereocenters. The number of halogens is 1. The minimum atomic E-state index is -0.412. The van der Waals surface area contributed by atoms with E-state index in [1.54, 1.807) is 12.1 Å². The molecule has 1 aliphatic rings. The third-order valence-corrected chi connectivity index (χ3v) is 3.42. The lowest BCUT2D eigenvalue weighted by atomic mass is 9.99. The molecule has 7 heteroatoms. The minimum Gasteiger partial charge on any atom is -0.491 e. The van der Waals surface area contributed by atoms with Gasteiger partial charge in [0.05, 0.1) is 24.6 Å². The summed E-state index contributed by atoms with van der Waals surface area (Å²) < 4.78 is 5.51. The summed E-state index contributed by atoms with van der Waals surface area (Å²) in [6.07, 6.45) is 2.05. The van der Waals surface area contributed by atoms with E-state index in [9.17, 15) is 9.59 Å². The number of amides is 2. The van der Waals surface area contributed by atoms with Crippen molar-refractivity contribution in [1.82, 2.24) is 5.32 Å². The van der Waals surface area contributed by atoms with Gasteiger partial charge in [0.1, 0.15) is 5.75 Å². The highest BCUT2D eigenvalue weighted by molar-refractivity contribution is 5.94. The van der Waals surface area contributed by atoms with Crippen LogP contribution in [0.15, 0.2) is 24.3 Å². The first-order valence-corrected chi connectivity index (χ1v) is 7.18. The summed E-state index contributed by atoms with van der Waals surface area (Å²) in [7, 11) is 0. The maximum Gasteiger partial charge on any atom is 0.228 e. The van der Waals surface area contributed by atoms with Crippen LogP contribution >= 0.6 is 12.4 Å². The zero-order valence-corrected chi connectivity index (χ0v) is 13.2. The monoisotopic (exact) mass is 327 g/mol. The van der Waals surface area contributed by atoms with Gasteiger partial charge in [-0.3, -0.25) is 9.59 Å². The zero-order valence-electron chi connectivity index (χ0n) is 12.3. The van der Waals surface area contributed by atoms with Crippen LogP contribution < -0.4 is 21.1 Å². The highest BCUT2D eigenvalue weighted by Crippen LogP contribution is 2.25. The molecule has 0 spiro atoms. The third kappa shape index (κ3) is 5.54.